The number of carbonyl (C=O) groups excluding carboxylic acids is 5. The van der Waals surface area contributed by atoms with Crippen molar-refractivity contribution in [3.05, 3.63) is 76.5 Å². The number of amides is 6. The van der Waals surface area contributed by atoms with E-state index in [0.717, 1.165) is 9.80 Å². The standard InChI is InChI=1S/C28H26ClN5O8S/c1-15(35)42-13-17-14-43-25-21(24(37)34(25)22(17)26(38)39)30-23(36)20(16-6-3-2-4-7-16)31-27(40)33-11-10-32(28(33)41)19-9-5-8-18(29)12-19/h2-9,12,20-21,25H,10-11,13-14H2,1H3,(H,30,36)(H,31,40)(H,38,39)/t20-,21?,25-/m1/s1. The fraction of sp³-hybridized carbons (Fsp3) is 0.286. The molecule has 6 amide bonds. The Morgan fingerprint density at radius 3 is 2.51 bits per heavy atom. The van der Waals surface area contributed by atoms with Crippen LogP contribution in [0.15, 0.2) is 65.9 Å². The number of β-lactam (4-membered cyclic amide) rings is 1. The van der Waals surface area contributed by atoms with E-state index in [9.17, 15) is 33.9 Å². The second-order valence-electron chi connectivity index (χ2n) is 9.79. The first kappa shape index (κ1) is 29.9. The summed E-state index contributed by atoms with van der Waals surface area (Å²) in [6.07, 6.45) is 0. The Morgan fingerprint density at radius 2 is 1.84 bits per heavy atom. The first-order valence-corrected chi connectivity index (χ1v) is 14.5. The highest BCUT2D eigenvalue weighted by Crippen LogP contribution is 2.40. The number of carboxylic acid groups (broad SMARTS) is 1. The average molecular weight is 628 g/mol. The molecule has 2 aromatic rings. The van der Waals surface area contributed by atoms with Crippen LogP contribution in [0.2, 0.25) is 5.02 Å². The number of benzene rings is 2. The normalized spacial score (nSPS) is 20.3. The molecule has 0 bridgehead atoms. The van der Waals surface area contributed by atoms with E-state index in [1.54, 1.807) is 54.6 Å². The summed E-state index contributed by atoms with van der Waals surface area (Å²) in [7, 11) is 0. The lowest BCUT2D eigenvalue weighted by Gasteiger charge is -2.49. The predicted octanol–water partition coefficient (Wildman–Crippen LogP) is 2.33. The van der Waals surface area contributed by atoms with Crippen molar-refractivity contribution < 1.29 is 38.6 Å². The van der Waals surface area contributed by atoms with Crippen molar-refractivity contribution in [2.45, 2.75) is 24.4 Å². The molecule has 3 N–H and O–H groups in total. The molecule has 15 heteroatoms. The zero-order valence-electron chi connectivity index (χ0n) is 22.7. The molecular formula is C28H26ClN5O8S. The van der Waals surface area contributed by atoms with Crippen molar-refractivity contribution in [2.24, 2.45) is 0 Å². The highest BCUT2D eigenvalue weighted by Gasteiger charge is 2.54. The molecule has 3 atom stereocenters. The van der Waals surface area contributed by atoms with Crippen LogP contribution in [0.1, 0.15) is 18.5 Å². The third-order valence-corrected chi connectivity index (χ3v) is 8.61. The van der Waals surface area contributed by atoms with Gasteiger partial charge in [0.25, 0.3) is 5.91 Å². The molecule has 2 fully saturated rings. The van der Waals surface area contributed by atoms with Crippen molar-refractivity contribution in [3.8, 4) is 0 Å². The van der Waals surface area contributed by atoms with Gasteiger partial charge in [-0.25, -0.2) is 19.3 Å². The summed E-state index contributed by atoms with van der Waals surface area (Å²) >= 11 is 7.27. The van der Waals surface area contributed by atoms with Crippen LogP contribution in [-0.4, -0.2) is 87.6 Å². The van der Waals surface area contributed by atoms with Gasteiger partial charge in [0, 0.05) is 35.5 Å². The van der Waals surface area contributed by atoms with Gasteiger partial charge in [0.2, 0.25) is 5.91 Å². The third kappa shape index (κ3) is 6.01. The molecule has 2 saturated heterocycles. The highest BCUT2D eigenvalue weighted by molar-refractivity contribution is 8.00. The summed E-state index contributed by atoms with van der Waals surface area (Å²) < 4.78 is 4.94. The molecule has 5 rings (SSSR count). The van der Waals surface area contributed by atoms with Crippen molar-refractivity contribution in [1.29, 1.82) is 0 Å². The lowest BCUT2D eigenvalue weighted by molar-refractivity contribution is -0.151. The third-order valence-electron chi connectivity index (χ3n) is 7.03. The van der Waals surface area contributed by atoms with Gasteiger partial charge in [-0.05, 0) is 23.8 Å². The smallest absolute Gasteiger partial charge is 0.352 e. The molecule has 2 aromatic carbocycles. The van der Waals surface area contributed by atoms with Gasteiger partial charge in [0.05, 0.1) is 6.54 Å². The molecule has 3 aliphatic heterocycles. The monoisotopic (exact) mass is 627 g/mol. The van der Waals surface area contributed by atoms with E-state index in [-0.39, 0.29) is 36.7 Å². The van der Waals surface area contributed by atoms with Gasteiger partial charge in [-0.3, -0.25) is 24.2 Å². The second kappa shape index (κ2) is 12.4. The number of ether oxygens (including phenoxy) is 1. The number of aliphatic carboxylic acids is 1. The average Bonchev–Trinajstić information content (AvgIpc) is 3.38. The number of esters is 1. The second-order valence-corrected chi connectivity index (χ2v) is 11.3. The molecule has 0 aliphatic carbocycles. The summed E-state index contributed by atoms with van der Waals surface area (Å²) in [5.41, 5.74) is 0.902. The van der Waals surface area contributed by atoms with Gasteiger partial charge >= 0.3 is 24.0 Å². The van der Waals surface area contributed by atoms with Crippen LogP contribution >= 0.6 is 23.4 Å². The fourth-order valence-corrected chi connectivity index (χ4v) is 6.49. The molecule has 1 unspecified atom stereocenters. The van der Waals surface area contributed by atoms with Gasteiger partial charge in [0.1, 0.15) is 29.8 Å². The van der Waals surface area contributed by atoms with Gasteiger partial charge in [-0.2, -0.15) is 0 Å². The molecule has 43 heavy (non-hydrogen) atoms. The Hall–Kier alpha value is -4.56. The van der Waals surface area contributed by atoms with Crippen LogP contribution in [-0.2, 0) is 23.9 Å². The van der Waals surface area contributed by atoms with Crippen LogP contribution in [0, 0.1) is 0 Å². The molecule has 0 radical (unpaired) electrons. The largest absolute Gasteiger partial charge is 0.477 e. The summed E-state index contributed by atoms with van der Waals surface area (Å²) in [6.45, 7) is 1.20. The number of carboxylic acids is 1. The van der Waals surface area contributed by atoms with Crippen molar-refractivity contribution in [1.82, 2.24) is 20.4 Å². The van der Waals surface area contributed by atoms with Gasteiger partial charge in [-0.1, -0.05) is 48.0 Å². The lowest BCUT2D eigenvalue weighted by atomic mass is 10.0. The molecule has 0 saturated carbocycles. The zero-order valence-corrected chi connectivity index (χ0v) is 24.3. The van der Waals surface area contributed by atoms with Crippen molar-refractivity contribution >= 4 is 64.9 Å². The number of anilines is 1. The number of carbonyl (C=O) groups is 6. The number of fused-ring (bicyclic) bond motifs is 1. The Balaban J connectivity index is 1.30. The first-order valence-electron chi connectivity index (χ1n) is 13.1. The quantitative estimate of drug-likeness (QED) is 0.294. The number of hydrogen-bond donors (Lipinski definition) is 3. The number of nitrogens with zero attached hydrogens (tertiary/aromatic N) is 3. The summed E-state index contributed by atoms with van der Waals surface area (Å²) in [5, 5.41) is 14.7. The first-order chi connectivity index (χ1) is 20.6. The number of hydrogen-bond acceptors (Lipinski definition) is 8. The molecule has 224 valence electrons. The molecule has 0 aromatic heterocycles. The minimum absolute atomic E-state index is 0.0646. The number of nitrogens with one attached hydrogen (secondary N) is 2. The Kier molecular flexibility index (Phi) is 8.59. The maximum atomic E-state index is 13.6. The van der Waals surface area contributed by atoms with E-state index in [0.29, 0.717) is 16.3 Å². The molecular weight excluding hydrogens is 602 g/mol. The molecule has 13 nitrogen and oxygen atoms in total. The molecule has 0 spiro atoms. The van der Waals surface area contributed by atoms with E-state index in [1.807, 2.05) is 0 Å². The van der Waals surface area contributed by atoms with E-state index < -0.39 is 53.3 Å². The Labute approximate surface area is 254 Å². The number of rotatable bonds is 8. The van der Waals surface area contributed by atoms with E-state index in [1.165, 1.54) is 23.6 Å². The minimum atomic E-state index is -1.36. The van der Waals surface area contributed by atoms with Crippen LogP contribution in [0.5, 0.6) is 0 Å². The number of urea groups is 2. The fourth-order valence-electron chi connectivity index (χ4n) is 4.98. The molecule has 3 aliphatic rings. The maximum Gasteiger partial charge on any atom is 0.352 e. The van der Waals surface area contributed by atoms with Gasteiger partial charge < -0.3 is 20.5 Å². The van der Waals surface area contributed by atoms with Crippen LogP contribution < -0.4 is 15.5 Å². The van der Waals surface area contributed by atoms with Crippen LogP contribution in [0.25, 0.3) is 0 Å². The van der Waals surface area contributed by atoms with Crippen molar-refractivity contribution in [2.75, 3.05) is 30.3 Å². The minimum Gasteiger partial charge on any atom is -0.477 e. The highest BCUT2D eigenvalue weighted by atomic mass is 35.5. The number of thioether (sulfide) groups is 1. The van der Waals surface area contributed by atoms with Gasteiger partial charge in [0.15, 0.2) is 0 Å². The lowest BCUT2D eigenvalue weighted by Crippen LogP contribution is -2.71. The molecule has 3 heterocycles. The van der Waals surface area contributed by atoms with Gasteiger partial charge in [-0.15, -0.1) is 11.8 Å². The van der Waals surface area contributed by atoms with E-state index >= 15 is 0 Å². The maximum absolute atomic E-state index is 13.6. The SMILES string of the molecule is CC(=O)OCC1=C(C(=O)O)N2C(=O)C(NC(=O)[C@H](NC(=O)N3CCN(c4cccc(Cl)c4)C3=O)c3ccccc3)[C@H]2SC1. The van der Waals surface area contributed by atoms with E-state index in [2.05, 4.69) is 10.6 Å². The van der Waals surface area contributed by atoms with Crippen molar-refractivity contribution in [3.63, 3.8) is 0 Å². The van der Waals surface area contributed by atoms with E-state index in [4.69, 9.17) is 16.3 Å². The summed E-state index contributed by atoms with van der Waals surface area (Å²) in [6, 6.07) is 11.2. The Bertz CT molecular complexity index is 1540. The number of imide groups is 1. The predicted molar refractivity (Wildman–Crippen MR) is 155 cm³/mol. The Morgan fingerprint density at radius 1 is 1.09 bits per heavy atom. The number of halogens is 1. The topological polar surface area (TPSA) is 166 Å². The summed E-state index contributed by atoms with van der Waals surface area (Å²) in [4.78, 5) is 79.7. The van der Waals surface area contributed by atoms with Crippen LogP contribution in [0.4, 0.5) is 15.3 Å². The van der Waals surface area contributed by atoms with Crippen LogP contribution in [0.3, 0.4) is 0 Å². The zero-order chi connectivity index (χ0) is 30.8. The summed E-state index contributed by atoms with van der Waals surface area (Å²) in [5.74, 6) is -3.17.